The van der Waals surface area contributed by atoms with E-state index in [-0.39, 0.29) is 18.8 Å². The van der Waals surface area contributed by atoms with Gasteiger partial charge in [0.05, 0.1) is 18.8 Å². The standard InChI is InChI=1S/C11H20O3/c12-7-11-10(13)6-9(14-11)5-8-3-1-2-4-8/h8-13H,1-7H2/t9?,10-,11?/m1/s1. The Bertz CT molecular complexity index is 177. The summed E-state index contributed by atoms with van der Waals surface area (Å²) in [5.41, 5.74) is 0. The summed E-state index contributed by atoms with van der Waals surface area (Å²) in [6.07, 6.45) is 6.53. The fourth-order valence-electron chi connectivity index (χ4n) is 2.75. The van der Waals surface area contributed by atoms with Crippen molar-refractivity contribution in [3.05, 3.63) is 0 Å². The molecular weight excluding hydrogens is 180 g/mol. The van der Waals surface area contributed by atoms with Crippen molar-refractivity contribution in [3.8, 4) is 0 Å². The molecule has 82 valence electrons. The second kappa shape index (κ2) is 4.60. The minimum atomic E-state index is -0.452. The first-order valence-corrected chi connectivity index (χ1v) is 5.74. The molecule has 0 aromatic heterocycles. The van der Waals surface area contributed by atoms with Crippen molar-refractivity contribution >= 4 is 0 Å². The predicted octanol–water partition coefficient (Wildman–Crippen LogP) is 1.08. The van der Waals surface area contributed by atoms with Gasteiger partial charge in [0.15, 0.2) is 0 Å². The van der Waals surface area contributed by atoms with Gasteiger partial charge in [0, 0.05) is 6.42 Å². The van der Waals surface area contributed by atoms with Crippen LogP contribution < -0.4 is 0 Å². The molecule has 0 aromatic rings. The van der Waals surface area contributed by atoms with E-state index in [9.17, 15) is 5.11 Å². The van der Waals surface area contributed by atoms with Crippen LogP contribution >= 0.6 is 0 Å². The lowest BCUT2D eigenvalue weighted by molar-refractivity contribution is -0.0272. The van der Waals surface area contributed by atoms with E-state index in [4.69, 9.17) is 9.84 Å². The van der Waals surface area contributed by atoms with Crippen molar-refractivity contribution < 1.29 is 14.9 Å². The van der Waals surface area contributed by atoms with Gasteiger partial charge in [-0.05, 0) is 12.3 Å². The molecule has 0 spiro atoms. The number of hydrogen-bond donors (Lipinski definition) is 2. The molecule has 2 aliphatic rings. The van der Waals surface area contributed by atoms with Gasteiger partial charge in [0.25, 0.3) is 0 Å². The molecule has 2 fully saturated rings. The highest BCUT2D eigenvalue weighted by molar-refractivity contribution is 4.83. The second-order valence-electron chi connectivity index (χ2n) is 4.67. The molecule has 3 heteroatoms. The van der Waals surface area contributed by atoms with Gasteiger partial charge in [-0.1, -0.05) is 25.7 Å². The Balaban J connectivity index is 1.77. The number of hydrogen-bond acceptors (Lipinski definition) is 3. The molecule has 0 bridgehead atoms. The molecule has 3 atom stereocenters. The van der Waals surface area contributed by atoms with Crippen LogP contribution in [-0.4, -0.2) is 35.1 Å². The molecule has 1 aliphatic carbocycles. The maximum absolute atomic E-state index is 9.55. The molecule has 14 heavy (non-hydrogen) atoms. The van der Waals surface area contributed by atoms with E-state index in [0.717, 1.165) is 12.3 Å². The van der Waals surface area contributed by atoms with E-state index in [2.05, 4.69) is 0 Å². The van der Waals surface area contributed by atoms with Gasteiger partial charge in [0.2, 0.25) is 0 Å². The first-order valence-electron chi connectivity index (χ1n) is 5.74. The average molecular weight is 200 g/mol. The Morgan fingerprint density at radius 2 is 1.93 bits per heavy atom. The molecule has 2 unspecified atom stereocenters. The Morgan fingerprint density at radius 3 is 2.50 bits per heavy atom. The fourth-order valence-corrected chi connectivity index (χ4v) is 2.75. The third-order valence-electron chi connectivity index (χ3n) is 3.55. The average Bonchev–Trinajstić information content (AvgIpc) is 2.76. The van der Waals surface area contributed by atoms with Crippen molar-refractivity contribution in [1.82, 2.24) is 0 Å². The highest BCUT2D eigenvalue weighted by atomic mass is 16.5. The zero-order chi connectivity index (χ0) is 9.97. The van der Waals surface area contributed by atoms with Crippen LogP contribution in [0.2, 0.25) is 0 Å². The Morgan fingerprint density at radius 1 is 1.21 bits per heavy atom. The molecule has 1 saturated carbocycles. The van der Waals surface area contributed by atoms with Crippen molar-refractivity contribution in [2.45, 2.75) is 56.8 Å². The summed E-state index contributed by atoms with van der Waals surface area (Å²) in [7, 11) is 0. The summed E-state index contributed by atoms with van der Waals surface area (Å²) in [5, 5.41) is 18.5. The van der Waals surface area contributed by atoms with Crippen LogP contribution in [0.4, 0.5) is 0 Å². The minimum Gasteiger partial charge on any atom is -0.394 e. The van der Waals surface area contributed by atoms with Crippen molar-refractivity contribution in [2.75, 3.05) is 6.61 Å². The van der Waals surface area contributed by atoms with Crippen LogP contribution in [0.25, 0.3) is 0 Å². The van der Waals surface area contributed by atoms with Crippen molar-refractivity contribution in [2.24, 2.45) is 5.92 Å². The first-order chi connectivity index (χ1) is 6.79. The lowest BCUT2D eigenvalue weighted by atomic mass is 9.98. The molecule has 0 radical (unpaired) electrons. The minimum absolute atomic E-state index is 0.0532. The van der Waals surface area contributed by atoms with E-state index in [1.54, 1.807) is 0 Å². The van der Waals surface area contributed by atoms with Gasteiger partial charge in [-0.15, -0.1) is 0 Å². The first kappa shape index (κ1) is 10.4. The van der Waals surface area contributed by atoms with Crippen molar-refractivity contribution in [3.63, 3.8) is 0 Å². The zero-order valence-electron chi connectivity index (χ0n) is 8.56. The van der Waals surface area contributed by atoms with E-state index >= 15 is 0 Å². The Labute approximate surface area is 85.1 Å². The van der Waals surface area contributed by atoms with E-state index in [1.165, 1.54) is 25.7 Å². The summed E-state index contributed by atoms with van der Waals surface area (Å²) >= 11 is 0. The molecule has 0 aromatic carbocycles. The highest BCUT2D eigenvalue weighted by Gasteiger charge is 2.34. The van der Waals surface area contributed by atoms with E-state index in [1.807, 2.05) is 0 Å². The third kappa shape index (κ3) is 2.27. The maximum atomic E-state index is 9.55. The smallest absolute Gasteiger partial charge is 0.107 e. The van der Waals surface area contributed by atoms with Gasteiger partial charge in [-0.3, -0.25) is 0 Å². The predicted molar refractivity (Wildman–Crippen MR) is 52.9 cm³/mol. The van der Waals surface area contributed by atoms with Gasteiger partial charge >= 0.3 is 0 Å². The molecule has 3 nitrogen and oxygen atoms in total. The van der Waals surface area contributed by atoms with E-state index < -0.39 is 6.10 Å². The molecule has 1 saturated heterocycles. The summed E-state index contributed by atoms with van der Waals surface area (Å²) in [4.78, 5) is 0. The quantitative estimate of drug-likeness (QED) is 0.716. The SMILES string of the molecule is OCC1OC(CC2CCCC2)C[C@H]1O. The van der Waals surface area contributed by atoms with Gasteiger partial charge < -0.3 is 14.9 Å². The van der Waals surface area contributed by atoms with Crippen LogP contribution in [0.3, 0.4) is 0 Å². The summed E-state index contributed by atoms with van der Waals surface area (Å²) in [5.74, 6) is 0.796. The molecule has 2 N–H and O–H groups in total. The van der Waals surface area contributed by atoms with Crippen LogP contribution in [-0.2, 0) is 4.74 Å². The van der Waals surface area contributed by atoms with Crippen LogP contribution in [0.5, 0.6) is 0 Å². The van der Waals surface area contributed by atoms with Crippen LogP contribution in [0, 0.1) is 5.92 Å². The number of aliphatic hydroxyl groups is 2. The largest absolute Gasteiger partial charge is 0.394 e. The molecule has 0 amide bonds. The molecule has 1 aliphatic heterocycles. The zero-order valence-corrected chi connectivity index (χ0v) is 8.56. The van der Waals surface area contributed by atoms with E-state index in [0.29, 0.717) is 6.42 Å². The molecule has 1 heterocycles. The number of ether oxygens (including phenoxy) is 1. The summed E-state index contributed by atoms with van der Waals surface area (Å²) in [6, 6.07) is 0. The number of rotatable bonds is 3. The second-order valence-corrected chi connectivity index (χ2v) is 4.67. The summed E-state index contributed by atoms with van der Waals surface area (Å²) < 4.78 is 5.58. The molecule has 2 rings (SSSR count). The lowest BCUT2D eigenvalue weighted by Gasteiger charge is -2.15. The van der Waals surface area contributed by atoms with Gasteiger partial charge in [0.1, 0.15) is 6.10 Å². The Hall–Kier alpha value is -0.120. The van der Waals surface area contributed by atoms with Gasteiger partial charge in [-0.25, -0.2) is 0 Å². The topological polar surface area (TPSA) is 49.7 Å². The number of aliphatic hydroxyl groups excluding tert-OH is 2. The van der Waals surface area contributed by atoms with Crippen LogP contribution in [0.15, 0.2) is 0 Å². The third-order valence-corrected chi connectivity index (χ3v) is 3.55. The normalized spacial score (nSPS) is 39.4. The molecular formula is C11H20O3. The highest BCUT2D eigenvalue weighted by Crippen LogP contribution is 2.33. The van der Waals surface area contributed by atoms with Crippen molar-refractivity contribution in [1.29, 1.82) is 0 Å². The monoisotopic (exact) mass is 200 g/mol. The fraction of sp³-hybridized carbons (Fsp3) is 1.00. The van der Waals surface area contributed by atoms with Gasteiger partial charge in [-0.2, -0.15) is 0 Å². The maximum Gasteiger partial charge on any atom is 0.107 e. The lowest BCUT2D eigenvalue weighted by Crippen LogP contribution is -2.24. The van der Waals surface area contributed by atoms with Crippen LogP contribution in [0.1, 0.15) is 38.5 Å². The summed E-state index contributed by atoms with van der Waals surface area (Å²) in [6.45, 7) is -0.0532. The Kier molecular flexibility index (Phi) is 3.42.